The van der Waals surface area contributed by atoms with Gasteiger partial charge in [0.25, 0.3) is 0 Å². The number of hydrogen-bond acceptors (Lipinski definition) is 6. The molecule has 0 saturated heterocycles. The molecule has 0 unspecified atom stereocenters. The number of nitrogens with one attached hydrogen (secondary N) is 2. The van der Waals surface area contributed by atoms with Crippen molar-refractivity contribution in [2.75, 3.05) is 18.5 Å². The molecule has 1 aliphatic rings. The van der Waals surface area contributed by atoms with Crippen LogP contribution in [0.25, 0.3) is 0 Å². The summed E-state index contributed by atoms with van der Waals surface area (Å²) in [7, 11) is 0. The molecule has 10 heteroatoms. The number of hydrogen-bond donors (Lipinski definition) is 3. The van der Waals surface area contributed by atoms with Gasteiger partial charge in [-0.2, -0.15) is 8.78 Å². The smallest absolute Gasteiger partial charge is 0.387 e. The Hall–Kier alpha value is -3.01. The van der Waals surface area contributed by atoms with Crippen LogP contribution in [-0.4, -0.2) is 51.8 Å². The first-order valence-corrected chi connectivity index (χ1v) is 10.2. The molecule has 1 aliphatic heterocycles. The molecule has 168 valence electrons. The third kappa shape index (κ3) is 6.00. The van der Waals surface area contributed by atoms with E-state index in [1.807, 2.05) is 13.8 Å². The van der Waals surface area contributed by atoms with Gasteiger partial charge in [-0.1, -0.05) is 19.1 Å². The summed E-state index contributed by atoms with van der Waals surface area (Å²) >= 11 is 0. The average molecular weight is 435 g/mol. The highest BCUT2D eigenvalue weighted by Crippen LogP contribution is 2.23. The van der Waals surface area contributed by atoms with E-state index in [4.69, 9.17) is 0 Å². The van der Waals surface area contributed by atoms with Crippen LogP contribution in [0.3, 0.4) is 0 Å². The molecular formula is C21H27F2N5O3. The topological polar surface area (TPSA) is 99.6 Å². The lowest BCUT2D eigenvalue weighted by molar-refractivity contribution is -0.0498. The van der Waals surface area contributed by atoms with Gasteiger partial charge in [0.2, 0.25) is 5.95 Å². The van der Waals surface area contributed by atoms with Crippen LogP contribution in [0.4, 0.5) is 19.5 Å². The molecule has 31 heavy (non-hydrogen) atoms. The summed E-state index contributed by atoms with van der Waals surface area (Å²) in [6, 6.07) is 5.61. The maximum absolute atomic E-state index is 12.9. The Morgan fingerprint density at radius 1 is 1.32 bits per heavy atom. The molecule has 0 radical (unpaired) electrons. The SMILES string of the molecule is CC[C@@H](NC(=O)N1CCc2cnc(N[C@@H](C)CO)nc2C1)c1ccc(OC(F)F)cc1. The molecule has 3 N–H and O–H groups in total. The minimum Gasteiger partial charge on any atom is -0.435 e. The standard InChI is InChI=1S/C21H27F2N5O3/c1-3-17(14-4-6-16(7-5-14)31-19(22)23)27-21(30)28-9-8-15-10-24-20(25-13(2)12-29)26-18(15)11-28/h4-7,10,13,17,19,29H,3,8-9,11-12H2,1-2H3,(H,27,30)(H,24,25,26)/t13-,17+/m0/s1. The van der Waals surface area contributed by atoms with Gasteiger partial charge in [-0.05, 0) is 43.0 Å². The van der Waals surface area contributed by atoms with Crippen molar-refractivity contribution in [3.8, 4) is 5.75 Å². The van der Waals surface area contributed by atoms with Crippen LogP contribution < -0.4 is 15.4 Å². The van der Waals surface area contributed by atoms with Crippen LogP contribution in [0.2, 0.25) is 0 Å². The van der Waals surface area contributed by atoms with Crippen LogP contribution in [-0.2, 0) is 13.0 Å². The third-order valence-electron chi connectivity index (χ3n) is 5.10. The van der Waals surface area contributed by atoms with Crippen molar-refractivity contribution in [3.05, 3.63) is 47.3 Å². The van der Waals surface area contributed by atoms with Crippen molar-refractivity contribution in [2.45, 2.75) is 51.9 Å². The van der Waals surface area contributed by atoms with Crippen molar-refractivity contribution in [1.82, 2.24) is 20.2 Å². The number of ether oxygens (including phenoxy) is 1. The van der Waals surface area contributed by atoms with Crippen LogP contribution in [0.1, 0.15) is 43.1 Å². The summed E-state index contributed by atoms with van der Waals surface area (Å²) in [6.45, 7) is 1.74. The normalized spacial score (nSPS) is 15.2. The predicted molar refractivity (Wildman–Crippen MR) is 111 cm³/mol. The van der Waals surface area contributed by atoms with E-state index in [9.17, 15) is 18.7 Å². The van der Waals surface area contributed by atoms with Crippen molar-refractivity contribution in [2.24, 2.45) is 0 Å². The van der Waals surface area contributed by atoms with Crippen LogP contribution in [0.15, 0.2) is 30.5 Å². The second-order valence-corrected chi connectivity index (χ2v) is 7.42. The van der Waals surface area contributed by atoms with E-state index in [1.54, 1.807) is 23.2 Å². The van der Waals surface area contributed by atoms with Crippen molar-refractivity contribution in [3.63, 3.8) is 0 Å². The molecule has 1 aromatic heterocycles. The van der Waals surface area contributed by atoms with E-state index >= 15 is 0 Å². The van der Waals surface area contributed by atoms with Crippen LogP contribution >= 0.6 is 0 Å². The second-order valence-electron chi connectivity index (χ2n) is 7.42. The Bertz CT molecular complexity index is 882. The van der Waals surface area contributed by atoms with Crippen LogP contribution in [0.5, 0.6) is 5.75 Å². The minimum absolute atomic E-state index is 0.0391. The number of urea groups is 1. The zero-order valence-corrected chi connectivity index (χ0v) is 17.5. The summed E-state index contributed by atoms with van der Waals surface area (Å²) in [5.74, 6) is 0.493. The molecule has 8 nitrogen and oxygen atoms in total. The first kappa shape index (κ1) is 22.7. The lowest BCUT2D eigenvalue weighted by atomic mass is 10.0. The van der Waals surface area contributed by atoms with Crippen molar-refractivity contribution >= 4 is 12.0 Å². The lowest BCUT2D eigenvalue weighted by Gasteiger charge is -2.30. The summed E-state index contributed by atoms with van der Waals surface area (Å²) in [5, 5.41) is 15.2. The van der Waals surface area contributed by atoms with Crippen LogP contribution in [0, 0.1) is 0 Å². The fraction of sp³-hybridized carbons (Fsp3) is 0.476. The van der Waals surface area contributed by atoms with Gasteiger partial charge in [0.05, 0.1) is 24.9 Å². The van der Waals surface area contributed by atoms with Crippen molar-refractivity contribution < 1.29 is 23.4 Å². The lowest BCUT2D eigenvalue weighted by Crippen LogP contribution is -2.44. The molecule has 0 saturated carbocycles. The second kappa shape index (κ2) is 10.3. The van der Waals surface area contributed by atoms with Gasteiger partial charge in [-0.25, -0.2) is 14.8 Å². The summed E-state index contributed by atoms with van der Waals surface area (Å²) < 4.78 is 29.0. The Labute approximate surface area is 179 Å². The first-order chi connectivity index (χ1) is 14.9. The summed E-state index contributed by atoms with van der Waals surface area (Å²) in [6.07, 6.45) is 3.04. The highest BCUT2D eigenvalue weighted by Gasteiger charge is 2.24. The van der Waals surface area contributed by atoms with E-state index in [0.717, 1.165) is 16.8 Å². The number of benzene rings is 1. The van der Waals surface area contributed by atoms with Gasteiger partial charge >= 0.3 is 12.6 Å². The monoisotopic (exact) mass is 435 g/mol. The highest BCUT2D eigenvalue weighted by atomic mass is 19.3. The quantitative estimate of drug-likeness (QED) is 0.589. The first-order valence-electron chi connectivity index (χ1n) is 10.2. The molecule has 1 aromatic carbocycles. The summed E-state index contributed by atoms with van der Waals surface area (Å²) in [4.78, 5) is 23.3. The number of nitrogens with zero attached hydrogens (tertiary/aromatic N) is 3. The number of aliphatic hydroxyl groups is 1. The number of halogens is 2. The number of anilines is 1. The highest BCUT2D eigenvalue weighted by molar-refractivity contribution is 5.75. The molecule has 0 aliphatic carbocycles. The van der Waals surface area contributed by atoms with Crippen molar-refractivity contribution in [1.29, 1.82) is 0 Å². The molecule has 2 atom stereocenters. The molecule has 2 amide bonds. The van der Waals surface area contributed by atoms with Gasteiger partial charge in [-0.15, -0.1) is 0 Å². The molecule has 2 heterocycles. The van der Waals surface area contributed by atoms with E-state index in [-0.39, 0.29) is 30.5 Å². The maximum atomic E-state index is 12.9. The van der Waals surface area contributed by atoms with Gasteiger partial charge in [-0.3, -0.25) is 0 Å². The summed E-state index contributed by atoms with van der Waals surface area (Å²) in [5.41, 5.74) is 2.57. The van der Waals surface area contributed by atoms with E-state index in [0.29, 0.717) is 31.9 Å². The number of carbonyl (C=O) groups is 1. The van der Waals surface area contributed by atoms with Gasteiger partial charge in [0.15, 0.2) is 0 Å². The van der Waals surface area contributed by atoms with Gasteiger partial charge in [0, 0.05) is 18.8 Å². The molecule has 3 rings (SSSR count). The number of amides is 2. The van der Waals surface area contributed by atoms with Gasteiger partial charge in [0.1, 0.15) is 5.75 Å². The maximum Gasteiger partial charge on any atom is 0.387 e. The molecule has 2 aromatic rings. The fourth-order valence-corrected chi connectivity index (χ4v) is 3.35. The number of alkyl halides is 2. The van der Waals surface area contributed by atoms with E-state index in [1.165, 1.54) is 12.1 Å². The van der Waals surface area contributed by atoms with E-state index in [2.05, 4.69) is 25.3 Å². The zero-order valence-electron chi connectivity index (χ0n) is 17.5. The Morgan fingerprint density at radius 3 is 2.71 bits per heavy atom. The third-order valence-corrected chi connectivity index (χ3v) is 5.10. The largest absolute Gasteiger partial charge is 0.435 e. The molecule has 0 bridgehead atoms. The average Bonchev–Trinajstić information content (AvgIpc) is 2.77. The molecule has 0 spiro atoms. The number of aromatic nitrogens is 2. The molecule has 0 fully saturated rings. The predicted octanol–water partition coefficient (Wildman–Crippen LogP) is 3.09. The molecular weight excluding hydrogens is 408 g/mol. The van der Waals surface area contributed by atoms with Gasteiger partial charge < -0.3 is 25.4 Å². The zero-order chi connectivity index (χ0) is 22.4. The fourth-order valence-electron chi connectivity index (χ4n) is 3.35. The number of fused-ring (bicyclic) bond motifs is 1. The minimum atomic E-state index is -2.87. The number of aliphatic hydroxyl groups excluding tert-OH is 1. The Morgan fingerprint density at radius 2 is 2.06 bits per heavy atom. The Kier molecular flexibility index (Phi) is 7.56. The number of rotatable bonds is 8. The Balaban J connectivity index is 1.64. The number of carbonyl (C=O) groups excluding carboxylic acids is 1. The van der Waals surface area contributed by atoms with E-state index < -0.39 is 6.61 Å².